The molecule has 1 aliphatic rings. The number of hydrogen-bond donors (Lipinski definition) is 1. The molecule has 2 aromatic carbocycles. The van der Waals surface area contributed by atoms with E-state index in [0.717, 1.165) is 16.9 Å². The molecule has 0 aliphatic heterocycles. The van der Waals surface area contributed by atoms with Gasteiger partial charge in [-0.25, -0.2) is 13.1 Å². The molecule has 26 heavy (non-hydrogen) atoms. The summed E-state index contributed by atoms with van der Waals surface area (Å²) >= 11 is 13.4. The molecule has 1 aromatic heterocycles. The van der Waals surface area contributed by atoms with E-state index < -0.39 is 10.0 Å². The van der Waals surface area contributed by atoms with Crippen LogP contribution in [0.15, 0.2) is 64.9 Å². The van der Waals surface area contributed by atoms with Crippen LogP contribution in [0, 0.1) is 0 Å². The molecular weight excluding hydrogens is 409 g/mol. The fraction of sp³-hybridized carbons (Fsp3) is 0.158. The van der Waals surface area contributed by atoms with Gasteiger partial charge in [0.1, 0.15) is 4.21 Å². The van der Waals surface area contributed by atoms with E-state index in [2.05, 4.69) is 4.72 Å². The van der Waals surface area contributed by atoms with E-state index in [1.165, 1.54) is 16.9 Å². The first-order valence-electron chi connectivity index (χ1n) is 8.06. The summed E-state index contributed by atoms with van der Waals surface area (Å²) in [5.41, 5.74) is 1.94. The van der Waals surface area contributed by atoms with Gasteiger partial charge < -0.3 is 0 Å². The molecule has 7 heteroatoms. The van der Waals surface area contributed by atoms with Crippen molar-refractivity contribution in [1.29, 1.82) is 0 Å². The first-order valence-corrected chi connectivity index (χ1v) is 11.1. The molecule has 3 nitrogen and oxygen atoms in total. The second-order valence-electron chi connectivity index (χ2n) is 6.22. The Labute approximate surface area is 166 Å². The maximum absolute atomic E-state index is 12.7. The van der Waals surface area contributed by atoms with Crippen molar-refractivity contribution in [3.63, 3.8) is 0 Å². The van der Waals surface area contributed by atoms with Crippen LogP contribution in [0.2, 0.25) is 10.0 Å². The van der Waals surface area contributed by atoms with Gasteiger partial charge in [0.25, 0.3) is 0 Å². The maximum Gasteiger partial charge on any atom is 0.250 e. The topological polar surface area (TPSA) is 46.2 Å². The lowest BCUT2D eigenvalue weighted by Crippen LogP contribution is -2.26. The van der Waals surface area contributed by atoms with Crippen LogP contribution in [0.25, 0.3) is 10.4 Å². The van der Waals surface area contributed by atoms with Crippen LogP contribution >= 0.6 is 34.5 Å². The SMILES string of the molecule is O=S(=O)(N[C@H]1C[C@@H]1c1ccccc1)c1ccc(-c2ccc(Cl)cc2Cl)s1. The normalized spacial score (nSPS) is 19.5. The molecule has 2 atom stereocenters. The molecule has 0 unspecified atom stereocenters. The molecule has 0 saturated heterocycles. The zero-order valence-corrected chi connectivity index (χ0v) is 16.7. The molecule has 0 radical (unpaired) electrons. The zero-order valence-electron chi connectivity index (χ0n) is 13.5. The molecule has 1 fully saturated rings. The monoisotopic (exact) mass is 423 g/mol. The summed E-state index contributed by atoms with van der Waals surface area (Å²) in [6.07, 6.45) is 0.824. The lowest BCUT2D eigenvalue weighted by Gasteiger charge is -2.05. The highest BCUT2D eigenvalue weighted by atomic mass is 35.5. The molecule has 1 N–H and O–H groups in total. The van der Waals surface area contributed by atoms with Gasteiger partial charge in [-0.2, -0.15) is 0 Å². The van der Waals surface area contributed by atoms with Crippen molar-refractivity contribution in [1.82, 2.24) is 4.72 Å². The average molecular weight is 424 g/mol. The van der Waals surface area contributed by atoms with Gasteiger partial charge in [-0.15, -0.1) is 11.3 Å². The second-order valence-corrected chi connectivity index (χ2v) is 10.1. The number of sulfonamides is 1. The summed E-state index contributed by atoms with van der Waals surface area (Å²) in [7, 11) is -3.55. The van der Waals surface area contributed by atoms with Crippen molar-refractivity contribution in [2.24, 2.45) is 0 Å². The summed E-state index contributed by atoms with van der Waals surface area (Å²) < 4.78 is 28.5. The number of benzene rings is 2. The third-order valence-electron chi connectivity index (χ3n) is 4.37. The van der Waals surface area contributed by atoms with Gasteiger partial charge in [-0.05, 0) is 36.2 Å². The van der Waals surface area contributed by atoms with Gasteiger partial charge in [-0.3, -0.25) is 0 Å². The minimum atomic E-state index is -3.55. The van der Waals surface area contributed by atoms with E-state index in [1.807, 2.05) is 30.3 Å². The Morgan fingerprint density at radius 3 is 2.50 bits per heavy atom. The highest BCUT2D eigenvalue weighted by Crippen LogP contribution is 2.42. The van der Waals surface area contributed by atoms with E-state index in [4.69, 9.17) is 23.2 Å². The number of rotatable bonds is 5. The molecule has 4 rings (SSSR count). The molecule has 0 bridgehead atoms. The lowest BCUT2D eigenvalue weighted by molar-refractivity contribution is 0.582. The number of halogens is 2. The van der Waals surface area contributed by atoms with Gasteiger partial charge in [0, 0.05) is 27.4 Å². The van der Waals surface area contributed by atoms with Gasteiger partial charge in [0.2, 0.25) is 10.0 Å². The quantitative estimate of drug-likeness (QED) is 0.583. The predicted molar refractivity (Wildman–Crippen MR) is 108 cm³/mol. The van der Waals surface area contributed by atoms with E-state index in [9.17, 15) is 8.42 Å². The Morgan fingerprint density at radius 2 is 1.77 bits per heavy atom. The largest absolute Gasteiger partial charge is 0.250 e. The van der Waals surface area contributed by atoms with Crippen molar-refractivity contribution < 1.29 is 8.42 Å². The third kappa shape index (κ3) is 3.68. The van der Waals surface area contributed by atoms with Crippen molar-refractivity contribution in [2.45, 2.75) is 22.6 Å². The van der Waals surface area contributed by atoms with Crippen molar-refractivity contribution in [3.05, 3.63) is 76.3 Å². The first kappa shape index (κ1) is 18.0. The van der Waals surface area contributed by atoms with Crippen molar-refractivity contribution in [3.8, 4) is 10.4 Å². The fourth-order valence-electron chi connectivity index (χ4n) is 2.95. The van der Waals surface area contributed by atoms with Crippen LogP contribution in [-0.4, -0.2) is 14.5 Å². The lowest BCUT2D eigenvalue weighted by atomic mass is 10.1. The van der Waals surface area contributed by atoms with Gasteiger partial charge in [-0.1, -0.05) is 59.6 Å². The molecular formula is C19H15Cl2NO2S2. The van der Waals surface area contributed by atoms with Gasteiger partial charge in [0.15, 0.2) is 0 Å². The van der Waals surface area contributed by atoms with Crippen LogP contribution in [-0.2, 0) is 10.0 Å². The minimum Gasteiger partial charge on any atom is -0.207 e. The first-order chi connectivity index (χ1) is 12.4. The van der Waals surface area contributed by atoms with Crippen LogP contribution < -0.4 is 4.72 Å². The Morgan fingerprint density at radius 1 is 1.00 bits per heavy atom. The maximum atomic E-state index is 12.7. The summed E-state index contributed by atoms with van der Waals surface area (Å²) in [4.78, 5) is 0.794. The van der Waals surface area contributed by atoms with Crippen molar-refractivity contribution in [2.75, 3.05) is 0 Å². The number of nitrogens with one attached hydrogen (secondary N) is 1. The highest BCUT2D eigenvalue weighted by molar-refractivity contribution is 7.91. The average Bonchev–Trinajstić information content (AvgIpc) is 3.16. The molecule has 1 saturated carbocycles. The Bertz CT molecular complexity index is 1050. The van der Waals surface area contributed by atoms with Gasteiger partial charge in [0.05, 0.1) is 5.02 Å². The summed E-state index contributed by atoms with van der Waals surface area (Å²) in [5, 5.41) is 1.05. The highest BCUT2D eigenvalue weighted by Gasteiger charge is 2.41. The molecule has 1 heterocycles. The molecule has 3 aromatic rings. The fourth-order valence-corrected chi connectivity index (χ4v) is 6.17. The predicted octanol–water partition coefficient (Wildman–Crippen LogP) is 5.56. The molecule has 0 amide bonds. The Balaban J connectivity index is 1.52. The standard InChI is InChI=1S/C19H15Cl2NO2S2/c20-13-6-7-14(16(21)10-13)18-8-9-19(25-18)26(23,24)22-17-11-15(17)12-4-2-1-3-5-12/h1-10,15,17,22H,11H2/t15-,17+/m1/s1. The molecule has 1 aliphatic carbocycles. The van der Waals surface area contributed by atoms with E-state index in [0.29, 0.717) is 10.0 Å². The van der Waals surface area contributed by atoms with E-state index in [1.54, 1.807) is 30.3 Å². The number of thiophene rings is 1. The van der Waals surface area contributed by atoms with Crippen molar-refractivity contribution >= 4 is 44.6 Å². The Kier molecular flexibility index (Phi) is 4.84. The van der Waals surface area contributed by atoms with Gasteiger partial charge >= 0.3 is 0 Å². The van der Waals surface area contributed by atoms with Crippen LogP contribution in [0.1, 0.15) is 17.9 Å². The molecule has 134 valence electrons. The number of hydrogen-bond acceptors (Lipinski definition) is 3. The second kappa shape index (κ2) is 6.98. The van der Waals surface area contributed by atoms with E-state index in [-0.39, 0.29) is 16.2 Å². The summed E-state index contributed by atoms with van der Waals surface area (Å²) in [5.74, 6) is 0.246. The Hall–Kier alpha value is -1.37. The third-order valence-corrected chi connectivity index (χ3v) is 8.02. The minimum absolute atomic E-state index is 0.0490. The smallest absolute Gasteiger partial charge is 0.207 e. The van der Waals surface area contributed by atoms with Crippen LogP contribution in [0.5, 0.6) is 0 Å². The molecule has 0 spiro atoms. The summed E-state index contributed by atoms with van der Waals surface area (Å²) in [6.45, 7) is 0. The zero-order chi connectivity index (χ0) is 18.3. The van der Waals surface area contributed by atoms with Crippen LogP contribution in [0.3, 0.4) is 0 Å². The van der Waals surface area contributed by atoms with Crippen LogP contribution in [0.4, 0.5) is 0 Å². The summed E-state index contributed by atoms with van der Waals surface area (Å²) in [6, 6.07) is 18.5. The van der Waals surface area contributed by atoms with E-state index >= 15 is 0 Å².